The molecule has 0 aromatic heterocycles. The van der Waals surface area contributed by atoms with E-state index in [2.05, 4.69) is 4.74 Å². The Bertz CT molecular complexity index is 1230. The lowest BCUT2D eigenvalue weighted by atomic mass is 10.2. The Hall–Kier alpha value is -3.35. The van der Waals surface area contributed by atoms with Crippen molar-refractivity contribution in [3.63, 3.8) is 0 Å². The zero-order valence-corrected chi connectivity index (χ0v) is 23.2. The minimum Gasteiger partial charge on any atom is -0.495 e. The van der Waals surface area contributed by atoms with Gasteiger partial charge in [-0.15, -0.1) is 0 Å². The second-order valence-electron chi connectivity index (χ2n) is 9.78. The van der Waals surface area contributed by atoms with Gasteiger partial charge in [-0.05, 0) is 57.5 Å². The molecule has 1 aliphatic heterocycles. The maximum Gasteiger partial charge on any atom is 0.410 e. The summed E-state index contributed by atoms with van der Waals surface area (Å²) in [6.45, 7) is 2.95. The van der Waals surface area contributed by atoms with Crippen LogP contribution in [-0.2, 0) is 14.8 Å². The van der Waals surface area contributed by atoms with E-state index < -0.39 is 35.0 Å². The number of methoxy groups -OCH3 is 1. The van der Waals surface area contributed by atoms with Crippen LogP contribution in [0.1, 0.15) is 27.2 Å². The van der Waals surface area contributed by atoms with Crippen LogP contribution >= 0.6 is 0 Å². The lowest BCUT2D eigenvalue weighted by molar-refractivity contribution is -0.0500. The summed E-state index contributed by atoms with van der Waals surface area (Å²) in [5, 5.41) is 0. The fourth-order valence-corrected chi connectivity index (χ4v) is 5.60. The van der Waals surface area contributed by atoms with Crippen LogP contribution in [0, 0.1) is 0 Å². The van der Waals surface area contributed by atoms with E-state index in [0.29, 0.717) is 37.6 Å². The van der Waals surface area contributed by atoms with E-state index in [0.717, 1.165) is 10.4 Å². The largest absolute Gasteiger partial charge is 0.495 e. The molecule has 1 saturated heterocycles. The molecule has 2 aromatic carbocycles. The molecule has 0 radical (unpaired) electrons. The van der Waals surface area contributed by atoms with Gasteiger partial charge in [-0.1, -0.05) is 6.07 Å². The molecular formula is C26H34F3N3O6S. The van der Waals surface area contributed by atoms with Gasteiger partial charge in [0.25, 0.3) is 10.0 Å². The van der Waals surface area contributed by atoms with E-state index in [9.17, 15) is 26.4 Å². The second-order valence-corrected chi connectivity index (χ2v) is 11.6. The number of rotatable bonds is 10. The molecule has 0 unspecified atom stereocenters. The maximum absolute atomic E-state index is 13.6. The number of halogens is 3. The first-order valence-electron chi connectivity index (χ1n) is 12.4. The average Bonchev–Trinajstić information content (AvgIpc) is 2.87. The second kappa shape index (κ2) is 12.7. The lowest BCUT2D eigenvalue weighted by Crippen LogP contribution is -2.50. The molecule has 1 heterocycles. The Labute approximate surface area is 227 Å². The van der Waals surface area contributed by atoms with Crippen molar-refractivity contribution < 1.29 is 40.6 Å². The molecule has 13 heteroatoms. The summed E-state index contributed by atoms with van der Waals surface area (Å²) in [4.78, 5) is 15.7. The van der Waals surface area contributed by atoms with Crippen molar-refractivity contribution in [1.29, 1.82) is 0 Å². The minimum atomic E-state index is -4.28. The Morgan fingerprint density at radius 1 is 1.08 bits per heavy atom. The van der Waals surface area contributed by atoms with Gasteiger partial charge in [0.2, 0.25) is 0 Å². The fourth-order valence-electron chi connectivity index (χ4n) is 4.07. The van der Waals surface area contributed by atoms with Crippen molar-refractivity contribution in [1.82, 2.24) is 4.90 Å². The quantitative estimate of drug-likeness (QED) is 0.399. The average molecular weight is 574 g/mol. The van der Waals surface area contributed by atoms with Crippen LogP contribution in [0.15, 0.2) is 47.4 Å². The maximum atomic E-state index is 13.6. The topological polar surface area (TPSA) is 88.6 Å². The Balaban J connectivity index is 1.91. The van der Waals surface area contributed by atoms with E-state index >= 15 is 0 Å². The molecule has 1 amide bonds. The predicted octanol–water partition coefficient (Wildman–Crippen LogP) is 4.91. The normalized spacial score (nSPS) is 14.4. The van der Waals surface area contributed by atoms with Gasteiger partial charge in [0.1, 0.15) is 17.1 Å². The number of carbonyl (C=O) groups is 1. The first kappa shape index (κ1) is 30.2. The number of anilines is 2. The van der Waals surface area contributed by atoms with Crippen LogP contribution in [-0.4, -0.2) is 78.1 Å². The van der Waals surface area contributed by atoms with Crippen LogP contribution in [0.3, 0.4) is 0 Å². The summed E-state index contributed by atoms with van der Waals surface area (Å²) in [6, 6.07) is 9.55. The van der Waals surface area contributed by atoms with Gasteiger partial charge in [0.05, 0.1) is 30.1 Å². The molecule has 216 valence electrons. The number of hydrogen-bond donors (Lipinski definition) is 0. The molecule has 0 saturated carbocycles. The van der Waals surface area contributed by atoms with Crippen LogP contribution in [0.25, 0.3) is 0 Å². The van der Waals surface area contributed by atoms with Crippen LogP contribution in [0.2, 0.25) is 0 Å². The van der Waals surface area contributed by atoms with E-state index in [4.69, 9.17) is 9.47 Å². The van der Waals surface area contributed by atoms with Gasteiger partial charge in [-0.25, -0.2) is 13.2 Å². The molecule has 3 rings (SSSR count). The number of benzene rings is 2. The van der Waals surface area contributed by atoms with Gasteiger partial charge in [0.15, 0.2) is 0 Å². The van der Waals surface area contributed by atoms with Crippen LogP contribution in [0.5, 0.6) is 11.5 Å². The number of carbonyl (C=O) groups excluding carboxylic acids is 1. The molecule has 0 spiro atoms. The highest BCUT2D eigenvalue weighted by Crippen LogP contribution is 2.36. The van der Waals surface area contributed by atoms with Gasteiger partial charge in [-0.2, -0.15) is 8.78 Å². The fraction of sp³-hybridized carbons (Fsp3) is 0.500. The van der Waals surface area contributed by atoms with E-state index in [-0.39, 0.29) is 29.3 Å². The van der Waals surface area contributed by atoms with Gasteiger partial charge in [-0.3, -0.25) is 8.70 Å². The Kier molecular flexibility index (Phi) is 9.81. The smallest absolute Gasteiger partial charge is 0.410 e. The SMILES string of the molecule is COc1ccc(N(CCCF)S(=O)(=O)c2cccc(OC(F)F)c2)cc1N1CCN(C(=O)OC(C)(C)C)CC1. The molecule has 0 bridgehead atoms. The number of sulfonamides is 1. The number of piperazine rings is 1. The summed E-state index contributed by atoms with van der Waals surface area (Å²) in [6.07, 6.45) is -0.494. The summed E-state index contributed by atoms with van der Waals surface area (Å²) in [5.41, 5.74) is 0.217. The third-order valence-electron chi connectivity index (χ3n) is 5.84. The monoisotopic (exact) mass is 573 g/mol. The standard InChI is InChI=1S/C26H34F3N3O6S/c1-26(2,3)38-25(33)31-15-13-30(14-16-31)22-17-19(9-10-23(22)36-4)32(12-6-11-27)39(34,35)21-8-5-7-20(18-21)37-24(28)29/h5,7-10,17-18,24H,6,11-16H2,1-4H3. The number of nitrogens with zero attached hydrogens (tertiary/aromatic N) is 3. The highest BCUT2D eigenvalue weighted by molar-refractivity contribution is 7.92. The molecule has 2 aromatic rings. The molecule has 0 aliphatic carbocycles. The van der Waals surface area contributed by atoms with Crippen molar-refractivity contribution in [2.24, 2.45) is 0 Å². The van der Waals surface area contributed by atoms with Crippen molar-refractivity contribution in [3.8, 4) is 11.5 Å². The van der Waals surface area contributed by atoms with Gasteiger partial charge >= 0.3 is 12.7 Å². The summed E-state index contributed by atoms with van der Waals surface area (Å²) < 4.78 is 82.2. The van der Waals surface area contributed by atoms with Crippen LogP contribution in [0.4, 0.5) is 29.3 Å². The third-order valence-corrected chi connectivity index (χ3v) is 7.66. The number of alkyl halides is 3. The molecular weight excluding hydrogens is 539 g/mol. The van der Waals surface area contributed by atoms with E-state index in [1.165, 1.54) is 31.4 Å². The van der Waals surface area contributed by atoms with Crippen LogP contribution < -0.4 is 18.7 Å². The van der Waals surface area contributed by atoms with E-state index in [1.807, 2.05) is 4.90 Å². The Morgan fingerprint density at radius 2 is 1.77 bits per heavy atom. The molecule has 1 fully saturated rings. The van der Waals surface area contributed by atoms with Gasteiger partial charge in [0, 0.05) is 38.8 Å². The molecule has 9 nitrogen and oxygen atoms in total. The third kappa shape index (κ3) is 7.84. The molecule has 39 heavy (non-hydrogen) atoms. The predicted molar refractivity (Wildman–Crippen MR) is 141 cm³/mol. The lowest BCUT2D eigenvalue weighted by Gasteiger charge is -2.37. The zero-order valence-electron chi connectivity index (χ0n) is 22.4. The van der Waals surface area contributed by atoms with E-state index in [1.54, 1.807) is 37.8 Å². The summed E-state index contributed by atoms with van der Waals surface area (Å²) >= 11 is 0. The molecule has 0 atom stereocenters. The Morgan fingerprint density at radius 3 is 2.36 bits per heavy atom. The van der Waals surface area contributed by atoms with Crippen molar-refractivity contribution in [2.45, 2.75) is 44.3 Å². The number of amides is 1. The molecule has 1 aliphatic rings. The zero-order chi connectivity index (χ0) is 28.8. The van der Waals surface area contributed by atoms with Gasteiger partial charge < -0.3 is 24.0 Å². The van der Waals surface area contributed by atoms with Crippen molar-refractivity contribution in [3.05, 3.63) is 42.5 Å². The first-order chi connectivity index (χ1) is 18.4. The van der Waals surface area contributed by atoms with Crippen molar-refractivity contribution in [2.75, 3.05) is 55.7 Å². The number of hydrogen-bond acceptors (Lipinski definition) is 7. The summed E-state index contributed by atoms with van der Waals surface area (Å²) in [5.74, 6) is 0.175. The minimum absolute atomic E-state index is 0.0810. The summed E-state index contributed by atoms with van der Waals surface area (Å²) in [7, 11) is -2.79. The first-order valence-corrected chi connectivity index (χ1v) is 13.8. The van der Waals surface area contributed by atoms with Crippen molar-refractivity contribution >= 4 is 27.5 Å². The highest BCUT2D eigenvalue weighted by Gasteiger charge is 2.29. The number of ether oxygens (including phenoxy) is 3. The molecule has 0 N–H and O–H groups in total. The highest BCUT2D eigenvalue weighted by atomic mass is 32.2.